The number of rotatable bonds is 6. The molecule has 4 nitrogen and oxygen atoms in total. The van der Waals surface area contributed by atoms with Crippen LogP contribution in [-0.2, 0) is 20.1 Å². The van der Waals surface area contributed by atoms with E-state index in [1.54, 1.807) is 0 Å². The van der Waals surface area contributed by atoms with Gasteiger partial charge in [-0.2, -0.15) is 18.2 Å². The Morgan fingerprint density at radius 2 is 1.48 bits per heavy atom. The summed E-state index contributed by atoms with van der Waals surface area (Å²) in [5.74, 6) is 0.153. The van der Waals surface area contributed by atoms with Gasteiger partial charge in [0, 0.05) is 42.6 Å². The Hall–Kier alpha value is -5.55. The third kappa shape index (κ3) is 7.40. The van der Waals surface area contributed by atoms with Gasteiger partial charge in [0.15, 0.2) is 0 Å². The predicted octanol–water partition coefficient (Wildman–Crippen LogP) is 14.5. The molecule has 0 N–H and O–H groups in total. The molecule has 0 aliphatic carbocycles. The molecule has 3 heterocycles. The van der Waals surface area contributed by atoms with Crippen LogP contribution in [0.3, 0.4) is 0 Å². The Balaban J connectivity index is 0.000000223. The van der Waals surface area contributed by atoms with E-state index in [1.165, 1.54) is 46.1 Å². The zero-order valence-corrected chi connectivity index (χ0v) is 33.8. The van der Waals surface area contributed by atoms with Gasteiger partial charge in [0.2, 0.25) is 0 Å². The van der Waals surface area contributed by atoms with Crippen molar-refractivity contribution < 1.29 is 37.1 Å². The van der Waals surface area contributed by atoms with E-state index in [2.05, 4.69) is 135 Å². The molecule has 1 aliphatic heterocycles. The number of aryl methyl sites for hydroxylation is 2. The fourth-order valence-electron chi connectivity index (χ4n) is 7.24. The fourth-order valence-corrected chi connectivity index (χ4v) is 7.24. The van der Waals surface area contributed by atoms with Crippen molar-refractivity contribution in [1.82, 2.24) is 4.98 Å². The molecule has 0 fully saturated rings. The molecule has 0 spiro atoms. The van der Waals surface area contributed by atoms with Crippen molar-refractivity contribution in [3.8, 4) is 22.4 Å². The number of anilines is 2. The minimum Gasteiger partial charge on any atom is -0.661 e. The molecule has 8 aromatic rings. The summed E-state index contributed by atoms with van der Waals surface area (Å²) in [6.07, 6.45) is 0.737. The molecule has 1 unspecified atom stereocenters. The number of nitrogens with zero attached hydrogens (tertiary/aromatic N) is 3. The van der Waals surface area contributed by atoms with Crippen molar-refractivity contribution >= 4 is 39.0 Å². The molecule has 0 saturated carbocycles. The van der Waals surface area contributed by atoms with E-state index in [9.17, 15) is 4.39 Å². The average Bonchev–Trinajstić information content (AvgIpc) is 3.82. The number of furan rings is 1. The second-order valence-corrected chi connectivity index (χ2v) is 14.3. The van der Waals surface area contributed by atoms with E-state index >= 15 is 0 Å². The van der Waals surface area contributed by atoms with E-state index in [1.807, 2.05) is 18.2 Å². The quantitative estimate of drug-likeness (QED) is 0.156. The Labute approximate surface area is 351 Å². The van der Waals surface area contributed by atoms with Gasteiger partial charge in [0.1, 0.15) is 5.58 Å². The van der Waals surface area contributed by atoms with Gasteiger partial charge in [0.25, 0.3) is 0 Å². The molecule has 6 aromatic carbocycles. The third-order valence-corrected chi connectivity index (χ3v) is 9.99. The van der Waals surface area contributed by atoms with Gasteiger partial charge in [-0.3, -0.25) is 4.39 Å². The zero-order chi connectivity index (χ0) is 43.2. The van der Waals surface area contributed by atoms with Gasteiger partial charge < -0.3 is 19.6 Å². The van der Waals surface area contributed by atoms with Crippen LogP contribution in [0, 0.1) is 31.7 Å². The van der Waals surface area contributed by atoms with Crippen LogP contribution in [0.2, 0.25) is 0 Å². The maximum absolute atomic E-state index is 12.9. The monoisotopic (exact) mass is 919 g/mol. The largest absolute Gasteiger partial charge is 3.00 e. The summed E-state index contributed by atoms with van der Waals surface area (Å²) in [7, 11) is 0. The number of pyridine rings is 1. The predicted molar refractivity (Wildman–Crippen MR) is 225 cm³/mol. The van der Waals surface area contributed by atoms with Crippen molar-refractivity contribution in [3.05, 3.63) is 185 Å². The smallest absolute Gasteiger partial charge is 0.661 e. The van der Waals surface area contributed by atoms with Crippen molar-refractivity contribution in [1.29, 1.82) is 0 Å². The number of fused-ring (bicyclic) bond motifs is 4. The summed E-state index contributed by atoms with van der Waals surface area (Å²) >= 11 is 0. The third-order valence-electron chi connectivity index (χ3n) is 9.99. The summed E-state index contributed by atoms with van der Waals surface area (Å²) in [5.41, 5.74) is 11.2. The van der Waals surface area contributed by atoms with Crippen molar-refractivity contribution in [3.63, 3.8) is 0 Å². The molecule has 6 heteroatoms. The van der Waals surface area contributed by atoms with Gasteiger partial charge in [-0.05, 0) is 89.5 Å². The van der Waals surface area contributed by atoms with Crippen LogP contribution in [0.15, 0.2) is 138 Å². The van der Waals surface area contributed by atoms with Crippen LogP contribution in [0.4, 0.5) is 21.5 Å². The van der Waals surface area contributed by atoms with Crippen LogP contribution < -0.4 is 4.90 Å². The first-order valence-electron chi connectivity index (χ1n) is 21.4. The number of hydrogen-bond donors (Lipinski definition) is 0. The molecule has 1 atom stereocenters. The first-order valence-corrected chi connectivity index (χ1v) is 18.4. The van der Waals surface area contributed by atoms with Gasteiger partial charge in [0.05, 0.1) is 0 Å². The molecule has 280 valence electrons. The van der Waals surface area contributed by atoms with Crippen LogP contribution >= 0.6 is 0 Å². The summed E-state index contributed by atoms with van der Waals surface area (Å²) in [4.78, 5) is 6.39. The van der Waals surface area contributed by atoms with Gasteiger partial charge in [-0.1, -0.05) is 111 Å². The summed E-state index contributed by atoms with van der Waals surface area (Å²) in [5, 5.41) is 7.53. The van der Waals surface area contributed by atoms with Crippen molar-refractivity contribution in [2.45, 2.75) is 59.4 Å². The molecule has 9 rings (SSSR count). The van der Waals surface area contributed by atoms with Crippen LogP contribution in [-0.4, -0.2) is 4.98 Å². The molecule has 0 bridgehead atoms. The second kappa shape index (κ2) is 16.3. The Morgan fingerprint density at radius 3 is 2.20 bits per heavy atom. The Morgan fingerprint density at radius 1 is 0.768 bits per heavy atom. The molecular weight excluding hydrogens is 870 g/mol. The topological polar surface area (TPSA) is 43.4 Å². The standard InChI is InChI=1S/C37H32N2O.C13H11FN.Ir/c1-23(2)30-21-26(25-13-6-5-7-14-25)22-31(24(3)4)35(30)39-33-19-10-9-18-32(33)38-37(39)29-17-12-16-28-27-15-8-11-20-34(27)40-36(28)29;1-9-7-13(15-8-10(9)2)11-3-5-12(14)6-4-11;/h5-16,18-24,37H,1-4H3;3,5-8H,1-2H3;/q-2;-1;+3/i;1D3,2D3;. The summed E-state index contributed by atoms with van der Waals surface area (Å²) < 4.78 is 63.9. The normalized spacial score (nSPS) is 15.4. The van der Waals surface area contributed by atoms with E-state index in [0.29, 0.717) is 17.4 Å². The first kappa shape index (κ1) is 31.6. The minimum atomic E-state index is -2.58. The SMILES string of the molecule is CC(C)c1cc(-c2ccccc2)cc(C(C)C)c1N1c2ccccc2[N-]C1c1[c-]ccc2c1oc1ccccc12.[2H]C([2H])([2H])c1cnc(-c2[c-]cc(F)cc2)cc1C([2H])([2H])[2H].[Ir+3]. The van der Waals surface area contributed by atoms with Crippen LogP contribution in [0.1, 0.15) is 81.7 Å². The maximum Gasteiger partial charge on any atom is 3.00 e. The van der Waals surface area contributed by atoms with Gasteiger partial charge >= 0.3 is 20.1 Å². The molecule has 0 amide bonds. The molecule has 56 heavy (non-hydrogen) atoms. The van der Waals surface area contributed by atoms with Crippen molar-refractivity contribution in [2.24, 2.45) is 0 Å². The van der Waals surface area contributed by atoms with Gasteiger partial charge in [-0.25, -0.2) is 0 Å². The number of hydrogen-bond acceptors (Lipinski definition) is 3. The number of para-hydroxylation sites is 3. The number of halogens is 1. The average molecular weight is 919 g/mol. The Bertz CT molecular complexity index is 2830. The van der Waals surface area contributed by atoms with E-state index in [4.69, 9.17) is 18.0 Å². The molecule has 2 aromatic heterocycles. The molecular formula is C50H43FIrN3O. The molecule has 0 radical (unpaired) electrons. The van der Waals surface area contributed by atoms with Gasteiger partial charge in [-0.15, -0.1) is 41.1 Å². The number of aromatic nitrogens is 1. The van der Waals surface area contributed by atoms with Crippen LogP contribution in [0.5, 0.6) is 0 Å². The molecule has 1 aliphatic rings. The Kier molecular flexibility index (Phi) is 9.19. The minimum absolute atomic E-state index is 0. The van der Waals surface area contributed by atoms with E-state index in [-0.39, 0.29) is 43.1 Å². The fraction of sp³-hybridized carbons (Fsp3) is 0.180. The maximum atomic E-state index is 12.9. The number of benzene rings is 6. The molecule has 0 saturated heterocycles. The van der Waals surface area contributed by atoms with Crippen molar-refractivity contribution in [2.75, 3.05) is 4.90 Å². The van der Waals surface area contributed by atoms with E-state index in [0.717, 1.165) is 51.1 Å². The zero-order valence-electron chi connectivity index (χ0n) is 37.4. The van der Waals surface area contributed by atoms with E-state index < -0.39 is 19.5 Å². The second-order valence-electron chi connectivity index (χ2n) is 14.3. The summed E-state index contributed by atoms with van der Waals surface area (Å²) in [6.45, 7) is 4.01. The van der Waals surface area contributed by atoms with Crippen LogP contribution in [0.25, 0.3) is 49.6 Å². The first-order chi connectivity index (χ1) is 29.1. The summed E-state index contributed by atoms with van der Waals surface area (Å²) in [6, 6.07) is 47.4.